The molecule has 3 aromatic heterocycles. The first-order valence-corrected chi connectivity index (χ1v) is 6.93. The van der Waals surface area contributed by atoms with E-state index in [1.807, 2.05) is 11.6 Å². The third-order valence-electron chi connectivity index (χ3n) is 4.37. The summed E-state index contributed by atoms with van der Waals surface area (Å²) < 4.78 is 5.11. The van der Waals surface area contributed by atoms with Crippen molar-refractivity contribution in [3.8, 4) is 0 Å². The van der Waals surface area contributed by atoms with Crippen molar-refractivity contribution < 1.29 is 0 Å². The molecule has 1 aliphatic carbocycles. The van der Waals surface area contributed by atoms with Crippen molar-refractivity contribution in [3.05, 3.63) is 22.5 Å². The Morgan fingerprint density at radius 3 is 2.70 bits per heavy atom. The van der Waals surface area contributed by atoms with Crippen LogP contribution in [0.15, 0.2) is 11.1 Å². The molecule has 3 aromatic rings. The van der Waals surface area contributed by atoms with Crippen LogP contribution < -0.4 is 5.56 Å². The maximum Gasteiger partial charge on any atom is 0.280 e. The molecule has 0 saturated heterocycles. The number of rotatable bonds is 1. The van der Waals surface area contributed by atoms with Crippen LogP contribution in [0.4, 0.5) is 0 Å². The van der Waals surface area contributed by atoms with Crippen molar-refractivity contribution in [3.63, 3.8) is 0 Å². The summed E-state index contributed by atoms with van der Waals surface area (Å²) >= 11 is 0. The van der Waals surface area contributed by atoms with E-state index in [9.17, 15) is 4.79 Å². The standard InChI is InChI=1S/C13H16N6O/c1-17-9-11(16-10(17)8-5-3-4-6-8)19-13(14-7-15-19)18(2)12(9)20/h7-8H,3-6H2,1-2H3. The predicted molar refractivity (Wildman–Crippen MR) is 73.7 cm³/mol. The van der Waals surface area contributed by atoms with E-state index < -0.39 is 0 Å². The molecule has 3 heterocycles. The smallest absolute Gasteiger partial charge is 0.280 e. The van der Waals surface area contributed by atoms with Crippen LogP contribution in [0.25, 0.3) is 16.9 Å². The SMILES string of the molecule is Cn1c(C2CCCC2)nc2c1c(=O)n(C)c1ncnn21. The monoisotopic (exact) mass is 272 g/mol. The molecule has 0 spiro atoms. The Hall–Kier alpha value is -2.18. The molecule has 0 aliphatic heterocycles. The zero-order chi connectivity index (χ0) is 13.9. The summed E-state index contributed by atoms with van der Waals surface area (Å²) in [5, 5.41) is 4.20. The van der Waals surface area contributed by atoms with Crippen molar-refractivity contribution in [2.45, 2.75) is 31.6 Å². The van der Waals surface area contributed by atoms with Crippen molar-refractivity contribution in [2.24, 2.45) is 14.1 Å². The van der Waals surface area contributed by atoms with Gasteiger partial charge in [0.1, 0.15) is 12.2 Å². The van der Waals surface area contributed by atoms with Crippen LogP contribution in [0, 0.1) is 0 Å². The third kappa shape index (κ3) is 1.35. The van der Waals surface area contributed by atoms with Gasteiger partial charge in [0, 0.05) is 20.0 Å². The van der Waals surface area contributed by atoms with Gasteiger partial charge in [-0.05, 0) is 12.8 Å². The highest BCUT2D eigenvalue weighted by molar-refractivity contribution is 5.73. The molecule has 0 radical (unpaired) electrons. The van der Waals surface area contributed by atoms with E-state index in [1.54, 1.807) is 11.6 Å². The fourth-order valence-electron chi connectivity index (χ4n) is 3.30. The van der Waals surface area contributed by atoms with Crippen LogP contribution in [0.3, 0.4) is 0 Å². The van der Waals surface area contributed by atoms with Crippen LogP contribution in [0.2, 0.25) is 0 Å². The van der Waals surface area contributed by atoms with E-state index in [0.29, 0.717) is 22.9 Å². The van der Waals surface area contributed by atoms with Gasteiger partial charge in [-0.1, -0.05) is 12.8 Å². The average molecular weight is 272 g/mol. The van der Waals surface area contributed by atoms with E-state index >= 15 is 0 Å². The quantitative estimate of drug-likeness (QED) is 0.662. The lowest BCUT2D eigenvalue weighted by Crippen LogP contribution is -2.22. The van der Waals surface area contributed by atoms with E-state index in [2.05, 4.69) is 10.1 Å². The molecule has 1 aliphatic rings. The Morgan fingerprint density at radius 2 is 1.95 bits per heavy atom. The molecule has 0 aromatic carbocycles. The van der Waals surface area contributed by atoms with Crippen molar-refractivity contribution in [2.75, 3.05) is 0 Å². The van der Waals surface area contributed by atoms with Crippen LogP contribution in [-0.4, -0.2) is 28.7 Å². The van der Waals surface area contributed by atoms with E-state index in [0.717, 1.165) is 18.7 Å². The van der Waals surface area contributed by atoms with E-state index in [-0.39, 0.29) is 5.56 Å². The highest BCUT2D eigenvalue weighted by Gasteiger charge is 2.25. The van der Waals surface area contributed by atoms with Crippen molar-refractivity contribution in [1.29, 1.82) is 0 Å². The summed E-state index contributed by atoms with van der Waals surface area (Å²) in [5.74, 6) is 1.98. The normalized spacial score (nSPS) is 16.7. The van der Waals surface area contributed by atoms with Gasteiger partial charge in [0.25, 0.3) is 5.56 Å². The van der Waals surface area contributed by atoms with Crippen LogP contribution in [0.5, 0.6) is 0 Å². The number of aromatic nitrogens is 6. The number of hydrogen-bond donors (Lipinski definition) is 0. The van der Waals surface area contributed by atoms with Gasteiger partial charge >= 0.3 is 0 Å². The van der Waals surface area contributed by atoms with Crippen LogP contribution >= 0.6 is 0 Å². The average Bonchev–Trinajstić information content (AvgIpc) is 3.14. The molecule has 104 valence electrons. The molecule has 0 bridgehead atoms. The summed E-state index contributed by atoms with van der Waals surface area (Å²) in [4.78, 5) is 21.3. The molecule has 0 unspecified atom stereocenters. The third-order valence-corrected chi connectivity index (χ3v) is 4.37. The molecule has 0 amide bonds. The highest BCUT2D eigenvalue weighted by atomic mass is 16.1. The minimum Gasteiger partial charge on any atom is -0.325 e. The largest absolute Gasteiger partial charge is 0.325 e. The lowest BCUT2D eigenvalue weighted by Gasteiger charge is -2.08. The van der Waals surface area contributed by atoms with Crippen molar-refractivity contribution in [1.82, 2.24) is 28.7 Å². The fraction of sp³-hybridized carbons (Fsp3) is 0.538. The molecule has 0 N–H and O–H groups in total. The zero-order valence-corrected chi connectivity index (χ0v) is 11.6. The van der Waals surface area contributed by atoms with E-state index in [4.69, 9.17) is 4.98 Å². The van der Waals surface area contributed by atoms with Crippen LogP contribution in [-0.2, 0) is 14.1 Å². The first kappa shape index (κ1) is 11.6. The summed E-state index contributed by atoms with van der Waals surface area (Å²) in [6, 6.07) is 0. The predicted octanol–water partition coefficient (Wildman–Crippen LogP) is 0.972. The lowest BCUT2D eigenvalue weighted by molar-refractivity contribution is 0.638. The molecule has 7 heteroatoms. The van der Waals surface area contributed by atoms with Gasteiger partial charge in [0.15, 0.2) is 11.2 Å². The maximum absolute atomic E-state index is 12.5. The topological polar surface area (TPSA) is 70.0 Å². The first-order valence-electron chi connectivity index (χ1n) is 6.93. The number of imidazole rings is 1. The number of hydrogen-bond acceptors (Lipinski definition) is 4. The Bertz CT molecular complexity index is 864. The van der Waals surface area contributed by atoms with Gasteiger partial charge in [0.05, 0.1) is 0 Å². The second kappa shape index (κ2) is 3.91. The minimum atomic E-state index is -0.0697. The van der Waals surface area contributed by atoms with Gasteiger partial charge in [0.2, 0.25) is 5.78 Å². The first-order chi connectivity index (χ1) is 9.68. The van der Waals surface area contributed by atoms with E-state index in [1.165, 1.54) is 23.7 Å². The molecule has 20 heavy (non-hydrogen) atoms. The Kier molecular flexibility index (Phi) is 2.27. The zero-order valence-electron chi connectivity index (χ0n) is 11.6. The molecule has 0 atom stereocenters. The lowest BCUT2D eigenvalue weighted by atomic mass is 10.1. The fourth-order valence-corrected chi connectivity index (χ4v) is 3.30. The second-order valence-electron chi connectivity index (χ2n) is 5.52. The van der Waals surface area contributed by atoms with Crippen LogP contribution in [0.1, 0.15) is 37.4 Å². The maximum atomic E-state index is 12.5. The Balaban J connectivity index is 2.13. The molecule has 4 rings (SSSR count). The minimum absolute atomic E-state index is 0.0697. The van der Waals surface area contributed by atoms with Gasteiger partial charge in [-0.3, -0.25) is 9.36 Å². The van der Waals surface area contributed by atoms with Gasteiger partial charge < -0.3 is 4.57 Å². The number of nitrogens with zero attached hydrogens (tertiary/aromatic N) is 6. The molecule has 1 fully saturated rings. The molecular formula is C13H16N6O. The van der Waals surface area contributed by atoms with Gasteiger partial charge in [-0.15, -0.1) is 0 Å². The van der Waals surface area contributed by atoms with Gasteiger partial charge in [-0.2, -0.15) is 14.6 Å². The molecule has 7 nitrogen and oxygen atoms in total. The van der Waals surface area contributed by atoms with Crippen molar-refractivity contribution >= 4 is 16.9 Å². The number of aryl methyl sites for hydroxylation is 2. The Morgan fingerprint density at radius 1 is 1.20 bits per heavy atom. The molecule has 1 saturated carbocycles. The Labute approximate surface area is 114 Å². The summed E-state index contributed by atoms with van der Waals surface area (Å²) in [5.41, 5.74) is 1.15. The second-order valence-corrected chi connectivity index (χ2v) is 5.52. The molecular weight excluding hydrogens is 256 g/mol. The highest BCUT2D eigenvalue weighted by Crippen LogP contribution is 2.34. The number of fused-ring (bicyclic) bond motifs is 3. The van der Waals surface area contributed by atoms with Gasteiger partial charge in [-0.25, -0.2) is 4.98 Å². The summed E-state index contributed by atoms with van der Waals surface area (Å²) in [7, 11) is 3.64. The summed E-state index contributed by atoms with van der Waals surface area (Å²) in [6.45, 7) is 0. The summed E-state index contributed by atoms with van der Waals surface area (Å²) in [6.07, 6.45) is 6.24.